The van der Waals surface area contributed by atoms with E-state index in [0.29, 0.717) is 33.3 Å². The molecule has 1 aromatic rings. The summed E-state index contributed by atoms with van der Waals surface area (Å²) in [4.78, 5) is 24.2. The number of hydrogen-bond acceptors (Lipinski definition) is 3. The molecule has 0 aliphatic rings. The molecule has 0 radical (unpaired) electrons. The lowest BCUT2D eigenvalue weighted by Crippen LogP contribution is -2.34. The molecule has 0 atom stereocenters. The largest absolute Gasteiger partial charge is 0.481 e. The van der Waals surface area contributed by atoms with Gasteiger partial charge in [-0.1, -0.05) is 0 Å². The molecule has 0 bridgehead atoms. The molecule has 0 aliphatic carbocycles. The molecular weight excluding hydrogens is 378 g/mol. The Morgan fingerprint density at radius 3 is 2.21 bits per heavy atom. The van der Waals surface area contributed by atoms with E-state index in [4.69, 9.17) is 4.74 Å². The van der Waals surface area contributed by atoms with Crippen molar-refractivity contribution in [2.75, 3.05) is 19.7 Å². The molecule has 0 unspecified atom stereocenters. The normalized spacial score (nSPS) is 10.1. The zero-order valence-electron chi connectivity index (χ0n) is 10.8. The first-order valence-corrected chi connectivity index (χ1v) is 7.46. The second-order valence-corrected chi connectivity index (χ2v) is 5.49. The summed E-state index contributed by atoms with van der Waals surface area (Å²) in [5, 5.41) is 0. The fourth-order valence-electron chi connectivity index (χ4n) is 1.59. The number of aldehydes is 1. The molecule has 0 aliphatic heterocycles. The van der Waals surface area contributed by atoms with Crippen LogP contribution in [0.4, 0.5) is 0 Å². The van der Waals surface area contributed by atoms with Gasteiger partial charge in [-0.05, 0) is 57.8 Å². The van der Waals surface area contributed by atoms with Crippen LogP contribution in [0.5, 0.6) is 5.75 Å². The molecule has 0 saturated heterocycles. The van der Waals surface area contributed by atoms with E-state index >= 15 is 0 Å². The molecule has 0 N–H and O–H groups in total. The number of rotatable bonds is 6. The standard InChI is InChI=1S/C13H15Br2NO3/c1-3-16(4-2)12(18)8-19-13-10(14)5-9(7-17)6-11(13)15/h5-7H,3-4,8H2,1-2H3. The van der Waals surface area contributed by atoms with Crippen LogP contribution in [0.25, 0.3) is 0 Å². The highest BCUT2D eigenvalue weighted by Gasteiger charge is 2.14. The van der Waals surface area contributed by atoms with Crippen LogP contribution in [-0.2, 0) is 4.79 Å². The van der Waals surface area contributed by atoms with Crippen molar-refractivity contribution in [3.63, 3.8) is 0 Å². The number of likely N-dealkylation sites (N-methyl/N-ethyl adjacent to an activating group) is 1. The quantitative estimate of drug-likeness (QED) is 0.698. The molecule has 0 fully saturated rings. The van der Waals surface area contributed by atoms with Crippen molar-refractivity contribution >= 4 is 44.1 Å². The summed E-state index contributed by atoms with van der Waals surface area (Å²) < 4.78 is 6.78. The maximum atomic E-state index is 11.8. The third-order valence-electron chi connectivity index (χ3n) is 2.61. The average molecular weight is 393 g/mol. The highest BCUT2D eigenvalue weighted by atomic mass is 79.9. The van der Waals surface area contributed by atoms with Crippen LogP contribution in [0.2, 0.25) is 0 Å². The molecule has 4 nitrogen and oxygen atoms in total. The van der Waals surface area contributed by atoms with Crippen LogP contribution in [0.15, 0.2) is 21.1 Å². The Bertz CT molecular complexity index is 450. The molecule has 6 heteroatoms. The summed E-state index contributed by atoms with van der Waals surface area (Å²) in [6, 6.07) is 3.30. The molecule has 104 valence electrons. The van der Waals surface area contributed by atoms with Gasteiger partial charge in [0.2, 0.25) is 0 Å². The lowest BCUT2D eigenvalue weighted by atomic mass is 10.2. The summed E-state index contributed by atoms with van der Waals surface area (Å²) in [5.41, 5.74) is 0.529. The van der Waals surface area contributed by atoms with E-state index in [1.165, 1.54) is 0 Å². The predicted octanol–water partition coefficient (Wildman–Crippen LogP) is 3.27. The predicted molar refractivity (Wildman–Crippen MR) is 80.7 cm³/mol. The van der Waals surface area contributed by atoms with Gasteiger partial charge < -0.3 is 9.64 Å². The molecule has 1 aromatic carbocycles. The first-order valence-electron chi connectivity index (χ1n) is 5.88. The Morgan fingerprint density at radius 2 is 1.79 bits per heavy atom. The summed E-state index contributed by atoms with van der Waals surface area (Å²) in [7, 11) is 0. The number of halogens is 2. The molecule has 0 heterocycles. The van der Waals surface area contributed by atoms with Crippen molar-refractivity contribution < 1.29 is 14.3 Å². The van der Waals surface area contributed by atoms with E-state index in [-0.39, 0.29) is 12.5 Å². The first kappa shape index (κ1) is 16.2. The summed E-state index contributed by atoms with van der Waals surface area (Å²) in [6.45, 7) is 5.13. The second kappa shape index (κ2) is 7.65. The maximum absolute atomic E-state index is 11.8. The second-order valence-electron chi connectivity index (χ2n) is 3.79. The number of carbonyl (C=O) groups excluding carboxylic acids is 2. The number of hydrogen-bond donors (Lipinski definition) is 0. The van der Waals surface area contributed by atoms with Crippen molar-refractivity contribution in [1.82, 2.24) is 4.90 Å². The van der Waals surface area contributed by atoms with Gasteiger partial charge in [-0.2, -0.15) is 0 Å². The number of ether oxygens (including phenoxy) is 1. The van der Waals surface area contributed by atoms with E-state index in [1.54, 1.807) is 17.0 Å². The highest BCUT2D eigenvalue weighted by molar-refractivity contribution is 9.11. The third kappa shape index (κ3) is 4.31. The van der Waals surface area contributed by atoms with E-state index < -0.39 is 0 Å². The summed E-state index contributed by atoms with van der Waals surface area (Å²) in [5.74, 6) is 0.453. The summed E-state index contributed by atoms with van der Waals surface area (Å²) >= 11 is 6.64. The first-order chi connectivity index (χ1) is 9.03. The van der Waals surface area contributed by atoms with Crippen molar-refractivity contribution in [2.45, 2.75) is 13.8 Å². The van der Waals surface area contributed by atoms with Crippen LogP contribution in [0, 0.1) is 0 Å². The minimum atomic E-state index is -0.0664. The lowest BCUT2D eigenvalue weighted by molar-refractivity contribution is -0.133. The molecule has 19 heavy (non-hydrogen) atoms. The number of carbonyl (C=O) groups is 2. The highest BCUT2D eigenvalue weighted by Crippen LogP contribution is 2.34. The minimum absolute atomic E-state index is 0.0285. The number of nitrogens with zero attached hydrogens (tertiary/aromatic N) is 1. The molecule has 0 aromatic heterocycles. The maximum Gasteiger partial charge on any atom is 0.260 e. The third-order valence-corrected chi connectivity index (χ3v) is 3.79. The lowest BCUT2D eigenvalue weighted by Gasteiger charge is -2.19. The van der Waals surface area contributed by atoms with E-state index in [0.717, 1.165) is 6.29 Å². The van der Waals surface area contributed by atoms with Crippen LogP contribution in [0.3, 0.4) is 0 Å². The molecule has 0 saturated carbocycles. The van der Waals surface area contributed by atoms with Crippen molar-refractivity contribution in [3.8, 4) is 5.75 Å². The minimum Gasteiger partial charge on any atom is -0.481 e. The van der Waals surface area contributed by atoms with Crippen molar-refractivity contribution in [3.05, 3.63) is 26.6 Å². The van der Waals surface area contributed by atoms with Crippen LogP contribution in [-0.4, -0.2) is 36.8 Å². The van der Waals surface area contributed by atoms with Crippen LogP contribution >= 0.6 is 31.9 Å². The number of benzene rings is 1. The Balaban J connectivity index is 2.78. The zero-order valence-corrected chi connectivity index (χ0v) is 14.0. The smallest absolute Gasteiger partial charge is 0.260 e. The molecule has 1 rings (SSSR count). The van der Waals surface area contributed by atoms with Gasteiger partial charge in [0.25, 0.3) is 5.91 Å². The monoisotopic (exact) mass is 391 g/mol. The van der Waals surface area contributed by atoms with E-state index in [9.17, 15) is 9.59 Å². The Morgan fingerprint density at radius 1 is 1.26 bits per heavy atom. The van der Waals surface area contributed by atoms with Crippen LogP contribution < -0.4 is 4.74 Å². The van der Waals surface area contributed by atoms with Crippen molar-refractivity contribution in [2.24, 2.45) is 0 Å². The van der Waals surface area contributed by atoms with E-state index in [1.807, 2.05) is 13.8 Å². The van der Waals surface area contributed by atoms with E-state index in [2.05, 4.69) is 31.9 Å². The fraction of sp³-hybridized carbons (Fsp3) is 0.385. The van der Waals surface area contributed by atoms with Gasteiger partial charge in [0.05, 0.1) is 8.95 Å². The van der Waals surface area contributed by atoms with Gasteiger partial charge in [0.1, 0.15) is 12.0 Å². The van der Waals surface area contributed by atoms with Gasteiger partial charge in [0.15, 0.2) is 6.61 Å². The van der Waals surface area contributed by atoms with Gasteiger partial charge in [-0.3, -0.25) is 9.59 Å². The van der Waals surface area contributed by atoms with Gasteiger partial charge in [0, 0.05) is 18.7 Å². The molecule has 0 spiro atoms. The van der Waals surface area contributed by atoms with Crippen LogP contribution in [0.1, 0.15) is 24.2 Å². The molecular formula is C13H15Br2NO3. The number of amides is 1. The fourth-order valence-corrected chi connectivity index (χ4v) is 3.04. The Labute approximate surface area is 129 Å². The SMILES string of the molecule is CCN(CC)C(=O)COc1c(Br)cc(C=O)cc1Br. The van der Waals surface area contributed by atoms with Gasteiger partial charge in [-0.25, -0.2) is 0 Å². The Kier molecular flexibility index (Phi) is 6.51. The Hall–Kier alpha value is -0.880. The van der Waals surface area contributed by atoms with Gasteiger partial charge >= 0.3 is 0 Å². The topological polar surface area (TPSA) is 46.6 Å². The summed E-state index contributed by atoms with van der Waals surface area (Å²) in [6.07, 6.45) is 0.750. The molecule has 1 amide bonds. The van der Waals surface area contributed by atoms with Gasteiger partial charge in [-0.15, -0.1) is 0 Å². The average Bonchev–Trinajstić information content (AvgIpc) is 2.38. The zero-order chi connectivity index (χ0) is 14.4. The van der Waals surface area contributed by atoms with Crippen molar-refractivity contribution in [1.29, 1.82) is 0 Å².